The van der Waals surface area contributed by atoms with E-state index < -0.39 is 0 Å². The summed E-state index contributed by atoms with van der Waals surface area (Å²) in [4.78, 5) is 2.64. The van der Waals surface area contributed by atoms with Gasteiger partial charge in [0.15, 0.2) is 0 Å². The lowest BCUT2D eigenvalue weighted by atomic mass is 9.75. The van der Waals surface area contributed by atoms with E-state index in [4.69, 9.17) is 0 Å². The van der Waals surface area contributed by atoms with Gasteiger partial charge in [0.05, 0.1) is 0 Å². The van der Waals surface area contributed by atoms with Crippen molar-refractivity contribution in [2.45, 2.75) is 38.3 Å². The van der Waals surface area contributed by atoms with Crippen molar-refractivity contribution in [2.75, 3.05) is 19.6 Å². The van der Waals surface area contributed by atoms with E-state index in [0.29, 0.717) is 11.1 Å². The molecule has 0 aromatic heterocycles. The topological polar surface area (TPSA) is 15.3 Å². The molecule has 0 amide bonds. The van der Waals surface area contributed by atoms with E-state index in [9.17, 15) is 0 Å². The minimum absolute atomic E-state index is 0.375. The highest BCUT2D eigenvalue weighted by Crippen LogP contribution is 2.39. The maximum absolute atomic E-state index is 3.36. The molecule has 0 aromatic carbocycles. The third-order valence-corrected chi connectivity index (χ3v) is 3.09. The molecule has 0 radical (unpaired) electrons. The van der Waals surface area contributed by atoms with Crippen LogP contribution >= 0.6 is 0 Å². The van der Waals surface area contributed by atoms with Gasteiger partial charge in [0.1, 0.15) is 0 Å². The molecule has 0 aromatic rings. The highest BCUT2D eigenvalue weighted by molar-refractivity contribution is 5.12. The fourth-order valence-electron chi connectivity index (χ4n) is 2.37. The SMILES string of the molecule is CC(C)(C)N1CCC12CNC2. The summed E-state index contributed by atoms with van der Waals surface area (Å²) in [5.74, 6) is 0. The average molecular weight is 154 g/mol. The highest BCUT2D eigenvalue weighted by atomic mass is 15.4. The van der Waals surface area contributed by atoms with Crippen LogP contribution in [0.15, 0.2) is 0 Å². The monoisotopic (exact) mass is 154 g/mol. The smallest absolute Gasteiger partial charge is 0.0475 e. The van der Waals surface area contributed by atoms with Gasteiger partial charge in [-0.05, 0) is 27.2 Å². The van der Waals surface area contributed by atoms with Gasteiger partial charge in [-0.1, -0.05) is 0 Å². The molecule has 0 saturated carbocycles. The zero-order valence-electron chi connectivity index (χ0n) is 7.78. The van der Waals surface area contributed by atoms with Crippen molar-refractivity contribution in [3.8, 4) is 0 Å². The number of likely N-dealkylation sites (tertiary alicyclic amines) is 1. The number of hydrogen-bond acceptors (Lipinski definition) is 2. The molecule has 2 saturated heterocycles. The zero-order valence-corrected chi connectivity index (χ0v) is 7.78. The Bertz CT molecular complexity index is 159. The summed E-state index contributed by atoms with van der Waals surface area (Å²) in [6.45, 7) is 10.7. The van der Waals surface area contributed by atoms with Crippen molar-refractivity contribution in [3.05, 3.63) is 0 Å². The van der Waals surface area contributed by atoms with Crippen molar-refractivity contribution >= 4 is 0 Å². The van der Waals surface area contributed by atoms with E-state index in [0.717, 1.165) is 0 Å². The van der Waals surface area contributed by atoms with Gasteiger partial charge >= 0.3 is 0 Å². The molecule has 1 N–H and O–H groups in total. The first-order valence-corrected chi connectivity index (χ1v) is 4.53. The minimum Gasteiger partial charge on any atom is -0.313 e. The Morgan fingerprint density at radius 1 is 1.27 bits per heavy atom. The van der Waals surface area contributed by atoms with Crippen LogP contribution in [-0.2, 0) is 0 Å². The first-order chi connectivity index (χ1) is 5.05. The predicted molar refractivity (Wildman–Crippen MR) is 46.7 cm³/mol. The summed E-state index contributed by atoms with van der Waals surface area (Å²) >= 11 is 0. The van der Waals surface area contributed by atoms with E-state index in [2.05, 4.69) is 31.0 Å². The summed E-state index contributed by atoms with van der Waals surface area (Å²) in [5.41, 5.74) is 0.943. The molecule has 11 heavy (non-hydrogen) atoms. The van der Waals surface area contributed by atoms with E-state index in [-0.39, 0.29) is 0 Å². The van der Waals surface area contributed by atoms with Gasteiger partial charge < -0.3 is 5.32 Å². The molecule has 2 fully saturated rings. The maximum atomic E-state index is 3.36. The van der Waals surface area contributed by atoms with Crippen molar-refractivity contribution in [2.24, 2.45) is 0 Å². The van der Waals surface area contributed by atoms with Crippen LogP contribution in [0, 0.1) is 0 Å². The standard InChI is InChI=1S/C9H18N2/c1-8(2,3)11-5-4-9(11)6-10-7-9/h10H,4-7H2,1-3H3. The van der Waals surface area contributed by atoms with Crippen LogP contribution in [0.4, 0.5) is 0 Å². The van der Waals surface area contributed by atoms with E-state index in [1.165, 1.54) is 26.1 Å². The number of hydrogen-bond donors (Lipinski definition) is 1. The van der Waals surface area contributed by atoms with Gasteiger partial charge in [-0.2, -0.15) is 0 Å². The summed E-state index contributed by atoms with van der Waals surface area (Å²) in [6.07, 6.45) is 1.40. The van der Waals surface area contributed by atoms with Gasteiger partial charge in [0.2, 0.25) is 0 Å². The summed E-state index contributed by atoms with van der Waals surface area (Å²) < 4.78 is 0. The molecule has 0 unspecified atom stereocenters. The molecule has 0 bridgehead atoms. The Hall–Kier alpha value is -0.0800. The molecule has 2 aliphatic rings. The summed E-state index contributed by atoms with van der Waals surface area (Å²) in [6, 6.07) is 0. The first kappa shape index (κ1) is 7.56. The predicted octanol–water partition coefficient (Wildman–Crippen LogP) is 0.833. The van der Waals surface area contributed by atoms with Gasteiger partial charge in [0, 0.05) is 30.7 Å². The molecule has 1 spiro atoms. The second kappa shape index (κ2) is 1.99. The number of rotatable bonds is 0. The Labute approximate surface area is 69.0 Å². The van der Waals surface area contributed by atoms with Gasteiger partial charge in [0.25, 0.3) is 0 Å². The van der Waals surface area contributed by atoms with Crippen LogP contribution in [0.3, 0.4) is 0 Å². The lowest BCUT2D eigenvalue weighted by Gasteiger charge is -2.63. The first-order valence-electron chi connectivity index (χ1n) is 4.53. The maximum Gasteiger partial charge on any atom is 0.0475 e. The van der Waals surface area contributed by atoms with Gasteiger partial charge in [-0.15, -0.1) is 0 Å². The molecular formula is C9H18N2. The Kier molecular flexibility index (Phi) is 1.37. The summed E-state index contributed by atoms with van der Waals surface area (Å²) in [5, 5.41) is 3.36. The van der Waals surface area contributed by atoms with Crippen molar-refractivity contribution < 1.29 is 0 Å². The van der Waals surface area contributed by atoms with Gasteiger partial charge in [-0.25, -0.2) is 0 Å². The third kappa shape index (κ3) is 0.926. The van der Waals surface area contributed by atoms with E-state index >= 15 is 0 Å². The normalized spacial score (nSPS) is 29.7. The molecule has 2 heterocycles. The second-order valence-corrected chi connectivity index (χ2v) is 4.90. The fourth-order valence-corrected chi connectivity index (χ4v) is 2.37. The lowest BCUT2D eigenvalue weighted by Crippen LogP contribution is -2.79. The molecule has 64 valence electrons. The van der Waals surface area contributed by atoms with Crippen LogP contribution < -0.4 is 5.32 Å². The fraction of sp³-hybridized carbons (Fsp3) is 1.00. The molecule has 2 rings (SSSR count). The minimum atomic E-state index is 0.375. The molecule has 2 heteroatoms. The summed E-state index contributed by atoms with van der Waals surface area (Å²) in [7, 11) is 0. The highest BCUT2D eigenvalue weighted by Gasteiger charge is 2.52. The molecular weight excluding hydrogens is 136 g/mol. The van der Waals surface area contributed by atoms with E-state index in [1.807, 2.05) is 0 Å². The third-order valence-electron chi connectivity index (χ3n) is 3.09. The zero-order chi connectivity index (χ0) is 8.11. The Balaban J connectivity index is 2.06. The largest absolute Gasteiger partial charge is 0.313 e. The van der Waals surface area contributed by atoms with Crippen LogP contribution in [0.1, 0.15) is 27.2 Å². The molecule has 0 atom stereocenters. The Morgan fingerprint density at radius 2 is 1.91 bits per heavy atom. The van der Waals surface area contributed by atoms with Gasteiger partial charge in [-0.3, -0.25) is 4.90 Å². The Morgan fingerprint density at radius 3 is 2.00 bits per heavy atom. The number of nitrogens with one attached hydrogen (secondary N) is 1. The molecule has 2 aliphatic heterocycles. The van der Waals surface area contributed by atoms with Crippen LogP contribution in [0.2, 0.25) is 0 Å². The van der Waals surface area contributed by atoms with Crippen molar-refractivity contribution in [3.63, 3.8) is 0 Å². The number of nitrogens with zero attached hydrogens (tertiary/aromatic N) is 1. The van der Waals surface area contributed by atoms with Crippen molar-refractivity contribution in [1.82, 2.24) is 10.2 Å². The lowest BCUT2D eigenvalue weighted by molar-refractivity contribution is -0.109. The second-order valence-electron chi connectivity index (χ2n) is 4.90. The van der Waals surface area contributed by atoms with Crippen LogP contribution in [0.25, 0.3) is 0 Å². The van der Waals surface area contributed by atoms with E-state index in [1.54, 1.807) is 0 Å². The van der Waals surface area contributed by atoms with Crippen molar-refractivity contribution in [1.29, 1.82) is 0 Å². The van der Waals surface area contributed by atoms with Crippen LogP contribution in [-0.4, -0.2) is 35.6 Å². The molecule has 0 aliphatic carbocycles. The quantitative estimate of drug-likeness (QED) is 0.556. The molecule has 2 nitrogen and oxygen atoms in total. The van der Waals surface area contributed by atoms with Crippen LogP contribution in [0.5, 0.6) is 0 Å². The average Bonchev–Trinajstić information content (AvgIpc) is 1.49.